The monoisotopic (exact) mass is 510 g/mol. The second-order valence-electron chi connectivity index (χ2n) is 9.74. The molecular weight excluding hydrogens is 476 g/mol. The molecular formula is C27H34N4O6. The third-order valence-corrected chi connectivity index (χ3v) is 7.24. The number of piperidine rings is 1. The lowest BCUT2D eigenvalue weighted by Gasteiger charge is -2.43. The van der Waals surface area contributed by atoms with Crippen LogP contribution in [0.5, 0.6) is 11.5 Å². The van der Waals surface area contributed by atoms with Crippen molar-refractivity contribution in [3.05, 3.63) is 57.6 Å². The average molecular weight is 511 g/mol. The minimum atomic E-state index is -0.599. The van der Waals surface area contributed by atoms with Crippen molar-refractivity contribution < 1.29 is 24.0 Å². The van der Waals surface area contributed by atoms with E-state index >= 15 is 0 Å². The van der Waals surface area contributed by atoms with E-state index in [2.05, 4.69) is 43.0 Å². The Hall–Kier alpha value is -3.82. The van der Waals surface area contributed by atoms with Gasteiger partial charge in [0.05, 0.1) is 36.7 Å². The third kappa shape index (κ3) is 5.47. The second-order valence-corrected chi connectivity index (χ2v) is 9.74. The van der Waals surface area contributed by atoms with Crippen LogP contribution in [0.4, 0.5) is 11.4 Å². The van der Waals surface area contributed by atoms with Gasteiger partial charge in [0.1, 0.15) is 5.75 Å². The highest BCUT2D eigenvalue weighted by Gasteiger charge is 2.36. The van der Waals surface area contributed by atoms with Gasteiger partial charge in [-0.25, -0.2) is 0 Å². The first-order chi connectivity index (χ1) is 17.7. The summed E-state index contributed by atoms with van der Waals surface area (Å²) in [4.78, 5) is 43.8. The number of methoxy groups -OCH3 is 2. The SMILES string of the molecule is COc1cc(C(=O)N2CCCC(C(=O)N3CCN(c4cccc(C)c4)C(C)C3)C2)c(OC)c([N+](=O)[O-])c1. The smallest absolute Gasteiger partial charge is 0.315 e. The van der Waals surface area contributed by atoms with Crippen LogP contribution in [0.15, 0.2) is 36.4 Å². The zero-order valence-corrected chi connectivity index (χ0v) is 21.8. The number of hydrogen-bond donors (Lipinski definition) is 0. The van der Waals surface area contributed by atoms with Gasteiger partial charge in [-0.05, 0) is 50.5 Å². The van der Waals surface area contributed by atoms with E-state index in [-0.39, 0.29) is 47.2 Å². The maximum Gasteiger partial charge on any atom is 0.315 e. The van der Waals surface area contributed by atoms with Gasteiger partial charge in [-0.2, -0.15) is 0 Å². The lowest BCUT2D eigenvalue weighted by atomic mass is 9.95. The Kier molecular flexibility index (Phi) is 7.85. The molecule has 10 nitrogen and oxygen atoms in total. The molecule has 0 radical (unpaired) electrons. The van der Waals surface area contributed by atoms with Crippen molar-refractivity contribution in [3.8, 4) is 11.5 Å². The summed E-state index contributed by atoms with van der Waals surface area (Å²) in [7, 11) is 2.68. The molecule has 0 aromatic heterocycles. The summed E-state index contributed by atoms with van der Waals surface area (Å²) in [5, 5.41) is 11.6. The molecule has 2 aliphatic heterocycles. The van der Waals surface area contributed by atoms with Gasteiger partial charge in [-0.1, -0.05) is 12.1 Å². The quantitative estimate of drug-likeness (QED) is 0.433. The summed E-state index contributed by atoms with van der Waals surface area (Å²) < 4.78 is 10.4. The third-order valence-electron chi connectivity index (χ3n) is 7.24. The van der Waals surface area contributed by atoms with E-state index in [1.807, 2.05) is 4.90 Å². The van der Waals surface area contributed by atoms with E-state index in [9.17, 15) is 19.7 Å². The summed E-state index contributed by atoms with van der Waals surface area (Å²) >= 11 is 0. The number of nitro groups is 1. The Bertz CT molecular complexity index is 1190. The molecule has 2 atom stereocenters. The molecule has 10 heteroatoms. The number of anilines is 1. The number of aryl methyl sites for hydroxylation is 1. The molecule has 2 heterocycles. The van der Waals surface area contributed by atoms with Gasteiger partial charge in [-0.3, -0.25) is 19.7 Å². The van der Waals surface area contributed by atoms with Crippen LogP contribution in [0.1, 0.15) is 35.7 Å². The van der Waals surface area contributed by atoms with Crippen molar-refractivity contribution in [1.29, 1.82) is 0 Å². The number of benzene rings is 2. The fourth-order valence-corrected chi connectivity index (χ4v) is 5.35. The molecule has 0 bridgehead atoms. The lowest BCUT2D eigenvalue weighted by molar-refractivity contribution is -0.385. The van der Waals surface area contributed by atoms with Crippen LogP contribution in [0.25, 0.3) is 0 Å². The zero-order chi connectivity index (χ0) is 26.7. The molecule has 0 saturated carbocycles. The Morgan fingerprint density at radius 1 is 1.03 bits per heavy atom. The number of carbonyl (C=O) groups is 2. The van der Waals surface area contributed by atoms with E-state index in [1.54, 1.807) is 4.90 Å². The van der Waals surface area contributed by atoms with Crippen LogP contribution in [-0.2, 0) is 4.79 Å². The molecule has 0 N–H and O–H groups in total. The van der Waals surface area contributed by atoms with Crippen LogP contribution in [-0.4, -0.2) is 79.5 Å². The number of ether oxygens (including phenoxy) is 2. The van der Waals surface area contributed by atoms with Crippen molar-refractivity contribution in [1.82, 2.24) is 9.80 Å². The number of hydrogen-bond acceptors (Lipinski definition) is 7. The minimum absolute atomic E-state index is 0.0526. The van der Waals surface area contributed by atoms with E-state index in [0.717, 1.165) is 12.2 Å². The molecule has 2 fully saturated rings. The Morgan fingerprint density at radius 2 is 1.81 bits per heavy atom. The van der Waals surface area contributed by atoms with Crippen molar-refractivity contribution in [3.63, 3.8) is 0 Å². The molecule has 2 amide bonds. The predicted octanol–water partition coefficient (Wildman–Crippen LogP) is 3.51. The van der Waals surface area contributed by atoms with Crippen LogP contribution >= 0.6 is 0 Å². The van der Waals surface area contributed by atoms with Gasteiger partial charge in [0.2, 0.25) is 11.7 Å². The number of piperazine rings is 1. The predicted molar refractivity (Wildman–Crippen MR) is 139 cm³/mol. The molecule has 2 unspecified atom stereocenters. The first kappa shape index (κ1) is 26.2. The fourth-order valence-electron chi connectivity index (χ4n) is 5.35. The standard InChI is InChI=1S/C27H34N4O6/c1-18-7-5-9-21(13-18)30-12-11-29(16-19(30)2)26(32)20-8-6-10-28(17-20)27(33)23-14-22(36-3)15-24(31(34)35)25(23)37-4/h5,7,9,13-15,19-20H,6,8,10-12,16-17H2,1-4H3. The summed E-state index contributed by atoms with van der Waals surface area (Å²) in [6.45, 7) is 6.91. The Labute approximate surface area is 216 Å². The van der Waals surface area contributed by atoms with Gasteiger partial charge >= 0.3 is 5.69 Å². The second kappa shape index (κ2) is 11.1. The normalized spacial score (nSPS) is 19.9. The maximum atomic E-state index is 13.5. The zero-order valence-electron chi connectivity index (χ0n) is 21.8. The van der Waals surface area contributed by atoms with Crippen LogP contribution in [0, 0.1) is 23.0 Å². The number of carbonyl (C=O) groups excluding carboxylic acids is 2. The average Bonchev–Trinajstić information content (AvgIpc) is 2.91. The molecule has 2 aromatic rings. The number of likely N-dealkylation sites (tertiary alicyclic amines) is 1. The first-order valence-corrected chi connectivity index (χ1v) is 12.5. The van der Waals surface area contributed by atoms with Gasteiger partial charge in [0, 0.05) is 44.5 Å². The Morgan fingerprint density at radius 3 is 2.46 bits per heavy atom. The van der Waals surface area contributed by atoms with Crippen LogP contribution in [0.2, 0.25) is 0 Å². The summed E-state index contributed by atoms with van der Waals surface area (Å²) in [5.41, 5.74) is 2.08. The van der Waals surface area contributed by atoms with Gasteiger partial charge in [-0.15, -0.1) is 0 Å². The van der Waals surface area contributed by atoms with Crippen LogP contribution in [0.3, 0.4) is 0 Å². The van der Waals surface area contributed by atoms with Gasteiger partial charge in [0.15, 0.2) is 0 Å². The topological polar surface area (TPSA) is 105 Å². The van der Waals surface area contributed by atoms with Crippen molar-refractivity contribution in [2.75, 3.05) is 51.8 Å². The maximum absolute atomic E-state index is 13.5. The molecule has 2 saturated heterocycles. The summed E-state index contributed by atoms with van der Waals surface area (Å²) in [6.07, 6.45) is 1.37. The summed E-state index contributed by atoms with van der Waals surface area (Å²) in [5.74, 6) is -0.584. The fraction of sp³-hybridized carbons (Fsp3) is 0.481. The number of amides is 2. The van der Waals surface area contributed by atoms with Crippen molar-refractivity contribution >= 4 is 23.2 Å². The van der Waals surface area contributed by atoms with E-state index in [0.29, 0.717) is 32.5 Å². The summed E-state index contributed by atoms with van der Waals surface area (Å²) in [6, 6.07) is 11.2. The Balaban J connectivity index is 1.47. The number of nitro benzene ring substituents is 1. The van der Waals surface area contributed by atoms with Crippen molar-refractivity contribution in [2.45, 2.75) is 32.7 Å². The highest BCUT2D eigenvalue weighted by atomic mass is 16.6. The van der Waals surface area contributed by atoms with E-state index in [1.165, 1.54) is 31.9 Å². The highest BCUT2D eigenvalue weighted by molar-refractivity contribution is 5.99. The molecule has 0 spiro atoms. The van der Waals surface area contributed by atoms with Crippen LogP contribution < -0.4 is 14.4 Å². The minimum Gasteiger partial charge on any atom is -0.496 e. The van der Waals surface area contributed by atoms with Gasteiger partial charge in [0.25, 0.3) is 5.91 Å². The van der Waals surface area contributed by atoms with Gasteiger partial charge < -0.3 is 24.2 Å². The molecule has 198 valence electrons. The lowest BCUT2D eigenvalue weighted by Crippen LogP contribution is -2.56. The van der Waals surface area contributed by atoms with E-state index < -0.39 is 10.8 Å². The van der Waals surface area contributed by atoms with Crippen molar-refractivity contribution in [2.24, 2.45) is 5.92 Å². The first-order valence-electron chi connectivity index (χ1n) is 12.5. The number of rotatable bonds is 6. The number of nitrogens with zero attached hydrogens (tertiary/aromatic N) is 4. The molecule has 4 rings (SSSR count). The molecule has 37 heavy (non-hydrogen) atoms. The largest absolute Gasteiger partial charge is 0.496 e. The highest BCUT2D eigenvalue weighted by Crippen LogP contribution is 2.37. The molecule has 0 aliphatic carbocycles. The van der Waals surface area contributed by atoms with E-state index in [4.69, 9.17) is 9.47 Å². The molecule has 2 aromatic carbocycles. The molecule has 2 aliphatic rings.